The van der Waals surface area contributed by atoms with Crippen molar-refractivity contribution in [2.45, 2.75) is 26.3 Å². The minimum Gasteiger partial charge on any atom is -0.493 e. The van der Waals surface area contributed by atoms with E-state index in [0.29, 0.717) is 11.6 Å². The van der Waals surface area contributed by atoms with E-state index in [1.807, 2.05) is 43.3 Å². The van der Waals surface area contributed by atoms with Crippen molar-refractivity contribution in [3.05, 3.63) is 64.2 Å². The molecule has 0 spiro atoms. The van der Waals surface area contributed by atoms with Gasteiger partial charge in [0, 0.05) is 10.6 Å². The molecule has 0 heterocycles. The van der Waals surface area contributed by atoms with Gasteiger partial charge in [-0.05, 0) is 42.7 Å². The summed E-state index contributed by atoms with van der Waals surface area (Å²) in [6.45, 7) is 4.78. The fourth-order valence-corrected chi connectivity index (χ4v) is 2.66. The van der Waals surface area contributed by atoms with Crippen LogP contribution in [0.2, 0.25) is 5.02 Å². The summed E-state index contributed by atoms with van der Waals surface area (Å²) in [5.74, 6) is 6.63. The van der Waals surface area contributed by atoms with Crippen LogP contribution >= 0.6 is 11.6 Å². The van der Waals surface area contributed by atoms with Gasteiger partial charge >= 0.3 is 0 Å². The third-order valence-corrected chi connectivity index (χ3v) is 3.47. The number of para-hydroxylation sites is 1. The minimum atomic E-state index is -0.157. The van der Waals surface area contributed by atoms with Gasteiger partial charge in [0.2, 0.25) is 0 Å². The first kappa shape index (κ1) is 15.8. The number of halogens is 1. The lowest BCUT2D eigenvalue weighted by atomic mass is 9.97. The molecule has 0 bridgehead atoms. The maximum atomic E-state index is 6.16. The lowest BCUT2D eigenvalue weighted by molar-refractivity contribution is 0.311. The number of benzene rings is 2. The Bertz CT molecular complexity index is 581. The average molecular weight is 305 g/mol. The molecule has 4 heteroatoms. The topological polar surface area (TPSA) is 47.3 Å². The Kier molecular flexibility index (Phi) is 5.62. The maximum absolute atomic E-state index is 6.16. The van der Waals surface area contributed by atoms with E-state index in [1.165, 1.54) is 0 Å². The zero-order chi connectivity index (χ0) is 15.2. The number of hydrogen-bond acceptors (Lipinski definition) is 3. The van der Waals surface area contributed by atoms with Gasteiger partial charge in [-0.25, -0.2) is 5.43 Å². The van der Waals surface area contributed by atoms with Crippen LogP contribution in [0.3, 0.4) is 0 Å². The van der Waals surface area contributed by atoms with Crippen molar-refractivity contribution in [2.24, 2.45) is 5.84 Å². The van der Waals surface area contributed by atoms with Gasteiger partial charge in [-0.1, -0.05) is 42.8 Å². The Labute approximate surface area is 131 Å². The molecule has 2 aromatic rings. The number of hydrazine groups is 1. The largest absolute Gasteiger partial charge is 0.493 e. The lowest BCUT2D eigenvalue weighted by Crippen LogP contribution is -2.29. The number of rotatable bonds is 6. The first-order valence-corrected chi connectivity index (χ1v) is 7.48. The third-order valence-electron chi connectivity index (χ3n) is 3.26. The number of aryl methyl sites for hydroxylation is 1. The summed E-state index contributed by atoms with van der Waals surface area (Å²) in [5, 5.41) is 0.706. The van der Waals surface area contributed by atoms with Crippen LogP contribution in [0, 0.1) is 6.92 Å². The fraction of sp³-hybridized carbons (Fsp3) is 0.294. The van der Waals surface area contributed by atoms with Crippen molar-refractivity contribution in [1.29, 1.82) is 0 Å². The normalized spacial score (nSPS) is 12.2. The summed E-state index contributed by atoms with van der Waals surface area (Å²) in [5.41, 5.74) is 6.00. The third kappa shape index (κ3) is 3.97. The van der Waals surface area contributed by atoms with Crippen LogP contribution in [0.1, 0.15) is 36.1 Å². The molecule has 0 radical (unpaired) electrons. The highest BCUT2D eigenvalue weighted by Gasteiger charge is 2.17. The molecule has 0 saturated heterocycles. The quantitative estimate of drug-likeness (QED) is 0.626. The van der Waals surface area contributed by atoms with Gasteiger partial charge in [-0.3, -0.25) is 5.84 Å². The van der Waals surface area contributed by atoms with E-state index in [2.05, 4.69) is 18.4 Å². The Balaban J connectivity index is 2.41. The lowest BCUT2D eigenvalue weighted by Gasteiger charge is -2.21. The first-order chi connectivity index (χ1) is 10.2. The summed E-state index contributed by atoms with van der Waals surface area (Å²) >= 11 is 6.16. The molecule has 3 nitrogen and oxygen atoms in total. The van der Waals surface area contributed by atoms with E-state index in [0.717, 1.165) is 28.9 Å². The summed E-state index contributed by atoms with van der Waals surface area (Å²) in [4.78, 5) is 0. The van der Waals surface area contributed by atoms with E-state index in [1.54, 1.807) is 0 Å². The molecular formula is C17H21ClN2O. The monoisotopic (exact) mass is 304 g/mol. The van der Waals surface area contributed by atoms with Crippen molar-refractivity contribution in [3.63, 3.8) is 0 Å². The number of nitrogens with one attached hydrogen (secondary N) is 1. The van der Waals surface area contributed by atoms with Crippen LogP contribution in [-0.2, 0) is 0 Å². The van der Waals surface area contributed by atoms with Crippen molar-refractivity contribution in [2.75, 3.05) is 6.61 Å². The predicted octanol–water partition coefficient (Wildman–Crippen LogP) is 3.99. The van der Waals surface area contributed by atoms with Gasteiger partial charge in [0.1, 0.15) is 5.75 Å². The summed E-state index contributed by atoms with van der Waals surface area (Å²) in [6, 6.07) is 13.7. The molecule has 2 aromatic carbocycles. The SMILES string of the molecule is CCCOc1ccccc1C(NN)c1cc(C)cc(Cl)c1. The first-order valence-electron chi connectivity index (χ1n) is 7.10. The molecule has 0 saturated carbocycles. The molecule has 0 aliphatic heterocycles. The smallest absolute Gasteiger partial charge is 0.124 e. The molecule has 0 aliphatic carbocycles. The second-order valence-corrected chi connectivity index (χ2v) is 5.48. The minimum absolute atomic E-state index is 0.157. The van der Waals surface area contributed by atoms with E-state index >= 15 is 0 Å². The maximum Gasteiger partial charge on any atom is 0.124 e. The highest BCUT2D eigenvalue weighted by Crippen LogP contribution is 2.31. The molecule has 0 fully saturated rings. The van der Waals surface area contributed by atoms with Crippen molar-refractivity contribution >= 4 is 11.6 Å². The molecule has 0 amide bonds. The molecule has 21 heavy (non-hydrogen) atoms. The molecule has 1 atom stereocenters. The molecule has 3 N–H and O–H groups in total. The highest BCUT2D eigenvalue weighted by atomic mass is 35.5. The predicted molar refractivity (Wildman–Crippen MR) is 87.6 cm³/mol. The van der Waals surface area contributed by atoms with Crippen molar-refractivity contribution in [3.8, 4) is 5.75 Å². The van der Waals surface area contributed by atoms with Crippen LogP contribution in [0.15, 0.2) is 42.5 Å². The summed E-state index contributed by atoms with van der Waals surface area (Å²) < 4.78 is 5.82. The number of hydrogen-bond donors (Lipinski definition) is 2. The Morgan fingerprint density at radius 3 is 2.67 bits per heavy atom. The van der Waals surface area contributed by atoms with Gasteiger partial charge in [-0.15, -0.1) is 0 Å². The van der Waals surface area contributed by atoms with Crippen LogP contribution in [0.25, 0.3) is 0 Å². The van der Waals surface area contributed by atoms with Gasteiger partial charge in [0.25, 0.3) is 0 Å². The molecule has 1 unspecified atom stereocenters. The van der Waals surface area contributed by atoms with Gasteiger partial charge in [-0.2, -0.15) is 0 Å². The number of ether oxygens (including phenoxy) is 1. The van der Waals surface area contributed by atoms with Crippen molar-refractivity contribution < 1.29 is 4.74 Å². The van der Waals surface area contributed by atoms with Crippen LogP contribution < -0.4 is 16.0 Å². The Hall–Kier alpha value is -1.55. The van der Waals surface area contributed by atoms with E-state index in [-0.39, 0.29) is 6.04 Å². The standard InChI is InChI=1S/C17H21ClN2O/c1-3-8-21-16-7-5-4-6-15(16)17(20-19)13-9-12(2)10-14(18)11-13/h4-7,9-11,17,20H,3,8,19H2,1-2H3. The van der Waals surface area contributed by atoms with E-state index in [4.69, 9.17) is 22.2 Å². The molecule has 2 rings (SSSR count). The second kappa shape index (κ2) is 7.46. The Morgan fingerprint density at radius 1 is 1.24 bits per heavy atom. The fourth-order valence-electron chi connectivity index (χ4n) is 2.36. The molecular weight excluding hydrogens is 284 g/mol. The van der Waals surface area contributed by atoms with Crippen LogP contribution in [0.5, 0.6) is 5.75 Å². The summed E-state index contributed by atoms with van der Waals surface area (Å²) in [6.07, 6.45) is 0.964. The summed E-state index contributed by atoms with van der Waals surface area (Å²) in [7, 11) is 0. The number of nitrogens with two attached hydrogens (primary N) is 1. The molecule has 0 aliphatic rings. The average Bonchev–Trinajstić information content (AvgIpc) is 2.46. The highest BCUT2D eigenvalue weighted by molar-refractivity contribution is 6.30. The van der Waals surface area contributed by atoms with Crippen LogP contribution in [0.4, 0.5) is 0 Å². The molecule has 112 valence electrons. The van der Waals surface area contributed by atoms with Crippen molar-refractivity contribution in [1.82, 2.24) is 5.43 Å². The van der Waals surface area contributed by atoms with Crippen LogP contribution in [-0.4, -0.2) is 6.61 Å². The van der Waals surface area contributed by atoms with Gasteiger partial charge in [0.05, 0.1) is 12.6 Å². The van der Waals surface area contributed by atoms with Gasteiger partial charge < -0.3 is 4.74 Å². The molecule has 0 aromatic heterocycles. The van der Waals surface area contributed by atoms with E-state index < -0.39 is 0 Å². The zero-order valence-corrected chi connectivity index (χ0v) is 13.2. The van der Waals surface area contributed by atoms with Gasteiger partial charge in [0.15, 0.2) is 0 Å². The zero-order valence-electron chi connectivity index (χ0n) is 12.4. The van der Waals surface area contributed by atoms with E-state index in [9.17, 15) is 0 Å². The second-order valence-electron chi connectivity index (χ2n) is 5.05. The Morgan fingerprint density at radius 2 is 2.00 bits per heavy atom.